The van der Waals surface area contributed by atoms with E-state index in [0.29, 0.717) is 45.8 Å². The third-order valence-corrected chi connectivity index (χ3v) is 26.3. The molecule has 7 N–H and O–H groups in total. The number of piperidine rings is 1. The lowest BCUT2D eigenvalue weighted by molar-refractivity contribution is -0.916. The summed E-state index contributed by atoms with van der Waals surface area (Å²) in [7, 11) is 33.4. The Kier molecular flexibility index (Phi) is 41.0. The van der Waals surface area contributed by atoms with Crippen LogP contribution in [0.2, 0.25) is 15.1 Å². The number of carbonyl (C=O) groups is 7. The number of carboxylic acids is 5. The standard InChI is InChI=1S/C21H27NO2S2.C16H22Cl2N4.C15H12N2O2.C14H20ClNO2.C12H23NO2.C10H19NO2.C9H18O2/c1-15-8-12-25-19(15)18(20-16(2)9-13-26-20)7-5-11-22(3)10-4-6-17(14-22)21(23)24;1-21(2,3)13-10-19-15(16(20-13)22(4,5)6)11-8-7-9-12(17)14(11)18;18-13-15(17-14(19)16-13,11-7-3-1-4-8-11)12-9-5-2-6-10-12;1-14(9-13(17)18,10-16(2,3)4)11-5-7-12(15)8-6-11;1-13(2,3)10-12(9-11(14)15)7-5-4-6-8-12;1-6-10(2,11(3,4)5)8-7-9(12)13;1-4-6-9(3,7-5-2)8(10)11/h7-9,12-13,17H,4-6,10-11,14H2,1-3H3;7-10H,1-6H3;1-10H,(H2,16,17,18,19);5-8H,9-10H2,1-4H3;4-10H2,1-3H3;6H,1,7-8H2,2-5H3;4-7H2,1-3H3,(H,10,11)/q;+2;;;;;/p+4. The van der Waals surface area contributed by atoms with E-state index in [1.54, 1.807) is 12.3 Å². The van der Waals surface area contributed by atoms with Gasteiger partial charge in [-0.25, -0.2) is 9.78 Å². The van der Waals surface area contributed by atoms with Crippen molar-refractivity contribution in [3.63, 3.8) is 0 Å². The average Bonchev–Trinajstić information content (AvgIpc) is 1.58. The van der Waals surface area contributed by atoms with Crippen LogP contribution in [0, 0.1) is 30.6 Å². The summed E-state index contributed by atoms with van der Waals surface area (Å²) in [5, 5.41) is 56.1. The second-order valence-electron chi connectivity index (χ2n) is 39.1. The van der Waals surface area contributed by atoms with Crippen molar-refractivity contribution in [1.82, 2.24) is 29.6 Å². The maximum Gasteiger partial charge on any atom is 0.322 e. The van der Waals surface area contributed by atoms with Crippen molar-refractivity contribution in [3.8, 4) is 11.3 Å². The Morgan fingerprint density at radius 1 is 0.653 bits per heavy atom. The van der Waals surface area contributed by atoms with E-state index >= 15 is 0 Å². The van der Waals surface area contributed by atoms with E-state index in [2.05, 4.69) is 157 Å². The van der Waals surface area contributed by atoms with E-state index in [9.17, 15) is 38.7 Å². The zero-order valence-corrected chi connectivity index (χ0v) is 82.0. The van der Waals surface area contributed by atoms with Crippen LogP contribution in [0.15, 0.2) is 151 Å². The molecule has 3 aliphatic rings. The van der Waals surface area contributed by atoms with Crippen LogP contribution in [0.3, 0.4) is 0 Å². The second-order valence-corrected chi connectivity index (χ2v) is 42.2. The number of urea groups is 1. The zero-order chi connectivity index (χ0) is 93.8. The number of carboxylic acid groups (broad SMARTS) is 5. The Hall–Kier alpha value is -8.24. The minimum atomic E-state index is -1.14. The molecule has 5 heterocycles. The van der Waals surface area contributed by atoms with E-state index in [-0.39, 0.29) is 35.6 Å². The van der Waals surface area contributed by atoms with Gasteiger partial charge < -0.3 is 48.8 Å². The summed E-state index contributed by atoms with van der Waals surface area (Å²) < 4.78 is 4.29. The molecule has 0 radical (unpaired) electrons. The van der Waals surface area contributed by atoms with Gasteiger partial charge in [-0.2, -0.15) is 0 Å². The highest BCUT2D eigenvalue weighted by atomic mass is 35.5. The van der Waals surface area contributed by atoms with Gasteiger partial charge in [-0.1, -0.05) is 178 Å². The molecule has 0 spiro atoms. The van der Waals surface area contributed by atoms with Crippen LogP contribution in [-0.2, 0) is 39.7 Å². The van der Waals surface area contributed by atoms with Crippen molar-refractivity contribution < 1.29 is 77.0 Å². The molecule has 4 aromatic carbocycles. The fourth-order valence-electron chi connectivity index (χ4n) is 16.4. The summed E-state index contributed by atoms with van der Waals surface area (Å²) in [6.07, 6.45) is 19.5. The zero-order valence-electron chi connectivity index (χ0n) is 78.1. The summed E-state index contributed by atoms with van der Waals surface area (Å²) in [4.78, 5) is 90.8. The first-order chi connectivity index (χ1) is 57.4. The molecule has 4 unspecified atom stereocenters. The monoisotopic (exact) mass is 1810 g/mol. The predicted octanol–water partition coefficient (Wildman–Crippen LogP) is 19.9. The van der Waals surface area contributed by atoms with Crippen LogP contribution in [0.25, 0.3) is 16.8 Å². The molecule has 682 valence electrons. The van der Waals surface area contributed by atoms with E-state index in [1.165, 1.54) is 45.7 Å². The molecule has 2 saturated heterocycles. The molecule has 10 rings (SSSR count). The number of halogens is 3. The highest BCUT2D eigenvalue weighted by Crippen LogP contribution is 2.43. The largest absolute Gasteiger partial charge is 0.481 e. The van der Waals surface area contributed by atoms with Gasteiger partial charge in [-0.15, -0.1) is 27.7 Å². The van der Waals surface area contributed by atoms with Crippen molar-refractivity contribution in [3.05, 3.63) is 204 Å². The average molecular weight is 1810 g/mol. The first-order valence-electron chi connectivity index (χ1n) is 42.7. The summed E-state index contributed by atoms with van der Waals surface area (Å²) in [6.45, 7) is 22.6. The number of likely N-dealkylation sites (N-methyl/N-ethyl adjacent to an activating group) is 2. The van der Waals surface area contributed by atoms with Gasteiger partial charge in [0.25, 0.3) is 17.5 Å². The van der Waals surface area contributed by atoms with Gasteiger partial charge in [-0.05, 0) is 148 Å². The molecular formula is C97H145Cl3N10O12S2+6. The van der Waals surface area contributed by atoms with Crippen LogP contribution in [0.5, 0.6) is 0 Å². The Bertz CT molecular complexity index is 4580. The number of aryl methyl sites for hydroxylation is 2. The Morgan fingerprint density at radius 2 is 1.19 bits per heavy atom. The lowest BCUT2D eigenvalue weighted by Gasteiger charge is -2.41. The maximum atomic E-state index is 12.3. The van der Waals surface area contributed by atoms with Gasteiger partial charge in [0.05, 0.1) is 186 Å². The van der Waals surface area contributed by atoms with Crippen molar-refractivity contribution in [2.45, 2.75) is 168 Å². The molecule has 1 aliphatic carbocycles. The number of amides is 3. The number of aromatic nitrogens is 2. The molecule has 22 nitrogen and oxygen atoms in total. The van der Waals surface area contributed by atoms with Crippen LogP contribution in [-0.4, -0.2) is 246 Å². The van der Waals surface area contributed by atoms with Crippen LogP contribution >= 0.6 is 57.5 Å². The van der Waals surface area contributed by atoms with Gasteiger partial charge in [0, 0.05) is 44.2 Å². The topological polar surface area (TPSA) is 270 Å². The van der Waals surface area contributed by atoms with E-state index < -0.39 is 52.2 Å². The summed E-state index contributed by atoms with van der Waals surface area (Å²) in [5.74, 6) is -2.23. The van der Waals surface area contributed by atoms with Gasteiger partial charge >= 0.3 is 35.9 Å². The number of hydrogen-bond acceptors (Lipinski definition) is 11. The normalized spacial score (nSPS) is 17.1. The number of quaternary nitrogens is 6. The number of rotatable bonds is 30. The summed E-state index contributed by atoms with van der Waals surface area (Å²) in [6, 6.07) is 35.4. The number of nitrogens with one attached hydrogen (secondary N) is 2. The van der Waals surface area contributed by atoms with E-state index in [0.717, 1.165) is 139 Å². The van der Waals surface area contributed by atoms with Gasteiger partial charge in [0.1, 0.15) is 17.7 Å². The first-order valence-corrected chi connectivity index (χ1v) is 45.5. The molecule has 27 heteroatoms. The second kappa shape index (κ2) is 47.0. The van der Waals surface area contributed by atoms with Gasteiger partial charge in [0.15, 0.2) is 11.2 Å². The molecule has 4 atom stereocenters. The van der Waals surface area contributed by atoms with E-state index in [1.807, 2.05) is 182 Å². The number of aliphatic carboxylic acids is 5. The van der Waals surface area contributed by atoms with Crippen molar-refractivity contribution >= 4 is 116 Å². The minimum absolute atomic E-state index is 0.0579. The van der Waals surface area contributed by atoms with Gasteiger partial charge in [-0.3, -0.25) is 43.1 Å². The predicted molar refractivity (Wildman–Crippen MR) is 512 cm³/mol. The SMILES string of the molecule is C=CC(C)(CCC(=O)O)[N+](C)(C)C.CC(CC(=O)O)(C[N+](C)(C)C)c1ccc(Cl)cc1.CCCC(C)(CCC)C(=O)O.C[N+](C)(C)CC1(CC(=O)O)CCCCC1.C[N+](C)(C)c1cnc(-c2cccc(Cl)c2Cl)c([N+](C)(C)C)n1.Cc1ccsc1C(=CCC[N+]1(C)CCCC(C(=O)O)C1)c1sccc1C.O=C1NC(=O)C(c2ccccc2)(c2ccccc2)N1. The van der Waals surface area contributed by atoms with Crippen LogP contribution in [0.4, 0.5) is 16.4 Å². The fraction of sp³-hybridized carbons (Fsp3) is 0.515. The molecule has 0 bridgehead atoms. The van der Waals surface area contributed by atoms with Gasteiger partial charge in [0.2, 0.25) is 0 Å². The van der Waals surface area contributed by atoms with Crippen LogP contribution in [0.1, 0.15) is 175 Å². The Labute approximate surface area is 762 Å². The quantitative estimate of drug-likeness (QED) is 0.0125. The number of likely N-dealkylation sites (tertiary alicyclic amines) is 1. The highest BCUT2D eigenvalue weighted by molar-refractivity contribution is 7.14. The van der Waals surface area contributed by atoms with Crippen molar-refractivity contribution in [2.24, 2.45) is 16.7 Å². The minimum Gasteiger partial charge on any atom is -0.481 e. The van der Waals surface area contributed by atoms with Crippen LogP contribution < -0.4 is 19.6 Å². The van der Waals surface area contributed by atoms with E-state index in [4.69, 9.17) is 60.2 Å². The van der Waals surface area contributed by atoms with Crippen molar-refractivity contribution in [2.75, 3.05) is 145 Å². The molecule has 124 heavy (non-hydrogen) atoms. The molecule has 7 aromatic rings. The number of thiophene rings is 2. The lowest BCUT2D eigenvalue weighted by atomic mass is 9.71. The maximum absolute atomic E-state index is 12.3. The Morgan fingerprint density at radius 3 is 1.59 bits per heavy atom. The molecular weight excluding hydrogens is 1670 g/mol. The fourth-order valence-corrected chi connectivity index (χ4v) is 18.9. The first kappa shape index (κ1) is 108. The number of imide groups is 1. The molecule has 3 aromatic heterocycles. The summed E-state index contributed by atoms with van der Waals surface area (Å²) in [5.41, 5.74) is 5.95. The molecule has 3 amide bonds. The highest BCUT2D eigenvalue weighted by Gasteiger charge is 2.49. The number of carbonyl (C=O) groups excluding carboxylic acids is 2. The number of benzene rings is 4. The lowest BCUT2D eigenvalue weighted by Crippen LogP contribution is -2.53. The number of hydrogen-bond donors (Lipinski definition) is 7. The smallest absolute Gasteiger partial charge is 0.322 e. The molecule has 3 fully saturated rings. The number of nitrogens with zero attached hydrogens (tertiary/aromatic N) is 8. The van der Waals surface area contributed by atoms with Crippen molar-refractivity contribution in [1.29, 1.82) is 0 Å². The third kappa shape index (κ3) is 33.2. The third-order valence-electron chi connectivity index (χ3n) is 23.1. The summed E-state index contributed by atoms with van der Waals surface area (Å²) >= 11 is 22.0. The Balaban J connectivity index is 0.000000309. The molecule has 2 aliphatic heterocycles. The molecule has 1 saturated carbocycles.